The van der Waals surface area contributed by atoms with Crippen LogP contribution in [0.1, 0.15) is 33.7 Å². The first-order valence-corrected chi connectivity index (χ1v) is 11.3. The Balaban J connectivity index is 1.33. The van der Waals surface area contributed by atoms with Crippen LogP contribution in [-0.4, -0.2) is 90.4 Å². The number of pyridine rings is 1. The number of rotatable bonds is 3. The number of carbonyl (C=O) groups is 2. The summed E-state index contributed by atoms with van der Waals surface area (Å²) >= 11 is 1.51. The predicted molar refractivity (Wildman–Crippen MR) is 113 cm³/mol. The van der Waals surface area contributed by atoms with E-state index < -0.39 is 0 Å². The number of nitrogens with zero attached hydrogens (tertiary/aromatic N) is 4. The summed E-state index contributed by atoms with van der Waals surface area (Å²) in [5, 5.41) is 5.91. The van der Waals surface area contributed by atoms with Crippen LogP contribution < -0.4 is 5.32 Å². The number of aromatic nitrogens is 1. The lowest BCUT2D eigenvalue weighted by molar-refractivity contribution is 0.0666. The number of fused-ring (bicyclic) bond motifs is 3. The van der Waals surface area contributed by atoms with Gasteiger partial charge in [-0.1, -0.05) is 0 Å². The molecule has 2 aromatic heterocycles. The highest BCUT2D eigenvalue weighted by Crippen LogP contribution is 2.29. The van der Waals surface area contributed by atoms with Gasteiger partial charge in [0.25, 0.3) is 11.8 Å². The molecule has 0 aromatic carbocycles. The minimum absolute atomic E-state index is 0.0542. The van der Waals surface area contributed by atoms with Gasteiger partial charge in [-0.15, -0.1) is 11.3 Å². The van der Waals surface area contributed by atoms with Gasteiger partial charge in [-0.3, -0.25) is 9.59 Å². The number of carbonyl (C=O) groups excluding carboxylic acids is 2. The summed E-state index contributed by atoms with van der Waals surface area (Å²) < 4.78 is 0.945. The van der Waals surface area contributed by atoms with Gasteiger partial charge < -0.3 is 20.0 Å². The molecule has 5 rings (SSSR count). The quantitative estimate of drug-likeness (QED) is 0.826. The summed E-state index contributed by atoms with van der Waals surface area (Å²) in [6.45, 7) is 6.51. The summed E-state index contributed by atoms with van der Waals surface area (Å²) in [5.74, 6) is 0.622. The molecule has 2 aromatic rings. The van der Waals surface area contributed by atoms with Crippen molar-refractivity contribution < 1.29 is 9.59 Å². The number of piperidine rings is 1. The van der Waals surface area contributed by atoms with Gasteiger partial charge in [-0.2, -0.15) is 0 Å². The number of piperazine rings is 1. The van der Waals surface area contributed by atoms with E-state index >= 15 is 0 Å². The van der Waals surface area contributed by atoms with Crippen molar-refractivity contribution >= 4 is 33.2 Å². The molecule has 3 atom stereocenters. The Morgan fingerprint density at radius 3 is 2.79 bits per heavy atom. The van der Waals surface area contributed by atoms with Crippen molar-refractivity contribution in [3.05, 3.63) is 28.9 Å². The maximum absolute atomic E-state index is 13.0. The summed E-state index contributed by atoms with van der Waals surface area (Å²) in [4.78, 5) is 36.8. The zero-order valence-corrected chi connectivity index (χ0v) is 17.6. The Morgan fingerprint density at radius 2 is 2.00 bits per heavy atom. The lowest BCUT2D eigenvalue weighted by Gasteiger charge is -2.32. The molecule has 3 aliphatic rings. The summed E-state index contributed by atoms with van der Waals surface area (Å²) in [6, 6.07) is 1.98. The van der Waals surface area contributed by atoms with Gasteiger partial charge in [-0.25, -0.2) is 4.98 Å². The normalized spacial score (nSPS) is 27.3. The second-order valence-corrected chi connectivity index (χ2v) is 9.54. The molecule has 2 bridgehead atoms. The van der Waals surface area contributed by atoms with Crippen LogP contribution in [0, 0.1) is 5.92 Å². The van der Waals surface area contributed by atoms with Crippen LogP contribution in [0.2, 0.25) is 0 Å². The number of nitrogens with one attached hydrogen (secondary N) is 1. The third-order valence-electron chi connectivity index (χ3n) is 6.52. The molecule has 2 amide bonds. The third kappa shape index (κ3) is 3.76. The predicted octanol–water partition coefficient (Wildman–Crippen LogP) is 1.51. The van der Waals surface area contributed by atoms with Crippen LogP contribution in [0.5, 0.6) is 0 Å². The fourth-order valence-corrected chi connectivity index (χ4v) is 5.71. The Morgan fingerprint density at radius 1 is 1.17 bits per heavy atom. The van der Waals surface area contributed by atoms with Crippen molar-refractivity contribution in [3.8, 4) is 0 Å². The van der Waals surface area contributed by atoms with Crippen molar-refractivity contribution in [1.29, 1.82) is 0 Å². The molecule has 0 saturated carbocycles. The molecule has 29 heavy (non-hydrogen) atoms. The third-order valence-corrected chi connectivity index (χ3v) is 7.45. The van der Waals surface area contributed by atoms with E-state index in [1.54, 1.807) is 12.3 Å². The van der Waals surface area contributed by atoms with Crippen molar-refractivity contribution in [1.82, 2.24) is 25.0 Å². The molecular formula is C21H27N5O2S. The average molecular weight is 414 g/mol. The van der Waals surface area contributed by atoms with Gasteiger partial charge in [0.05, 0.1) is 10.3 Å². The van der Waals surface area contributed by atoms with Gasteiger partial charge in [0, 0.05) is 62.3 Å². The molecule has 0 spiro atoms. The van der Waals surface area contributed by atoms with Crippen LogP contribution >= 0.6 is 11.3 Å². The number of hydrogen-bond acceptors (Lipinski definition) is 6. The van der Waals surface area contributed by atoms with Crippen LogP contribution in [0.25, 0.3) is 10.1 Å². The molecule has 154 valence electrons. The first-order valence-electron chi connectivity index (χ1n) is 10.4. The van der Waals surface area contributed by atoms with Crippen molar-refractivity contribution in [2.45, 2.75) is 18.9 Å². The largest absolute Gasteiger partial charge is 0.347 e. The van der Waals surface area contributed by atoms with E-state index in [1.807, 2.05) is 10.3 Å². The van der Waals surface area contributed by atoms with E-state index in [9.17, 15) is 9.59 Å². The summed E-state index contributed by atoms with van der Waals surface area (Å²) in [6.07, 6.45) is 4.02. The van der Waals surface area contributed by atoms with Crippen LogP contribution in [0.4, 0.5) is 0 Å². The molecule has 0 aliphatic carbocycles. The smallest absolute Gasteiger partial charge is 0.270 e. The monoisotopic (exact) mass is 413 g/mol. The number of hydrogen-bond donors (Lipinski definition) is 1. The lowest BCUT2D eigenvalue weighted by Crippen LogP contribution is -2.47. The van der Waals surface area contributed by atoms with E-state index in [4.69, 9.17) is 0 Å². The molecule has 7 nitrogen and oxygen atoms in total. The fourth-order valence-electron chi connectivity index (χ4n) is 4.83. The molecule has 3 saturated heterocycles. The van der Waals surface area contributed by atoms with Gasteiger partial charge >= 0.3 is 0 Å². The van der Waals surface area contributed by atoms with E-state index in [0.717, 1.165) is 55.8 Å². The Bertz CT molecular complexity index is 924. The van der Waals surface area contributed by atoms with E-state index in [0.29, 0.717) is 17.2 Å². The minimum Gasteiger partial charge on any atom is -0.347 e. The zero-order valence-electron chi connectivity index (χ0n) is 16.8. The minimum atomic E-state index is -0.136. The van der Waals surface area contributed by atoms with E-state index in [1.165, 1.54) is 24.3 Å². The maximum atomic E-state index is 13.0. The first kappa shape index (κ1) is 19.0. The van der Waals surface area contributed by atoms with Crippen LogP contribution in [-0.2, 0) is 0 Å². The lowest BCUT2D eigenvalue weighted by atomic mass is 9.97. The van der Waals surface area contributed by atoms with Crippen molar-refractivity contribution in [2.75, 3.05) is 52.9 Å². The Labute approximate surface area is 174 Å². The van der Waals surface area contributed by atoms with Crippen molar-refractivity contribution in [3.63, 3.8) is 0 Å². The number of thiophene rings is 1. The van der Waals surface area contributed by atoms with Crippen LogP contribution in [0.3, 0.4) is 0 Å². The summed E-state index contributed by atoms with van der Waals surface area (Å²) in [7, 11) is 2.08. The second-order valence-electron chi connectivity index (χ2n) is 8.63. The van der Waals surface area contributed by atoms with Gasteiger partial charge in [-0.05, 0) is 38.4 Å². The maximum Gasteiger partial charge on any atom is 0.270 e. The van der Waals surface area contributed by atoms with Crippen LogP contribution in [0.15, 0.2) is 17.6 Å². The van der Waals surface area contributed by atoms with Gasteiger partial charge in [0.2, 0.25) is 0 Å². The highest BCUT2D eigenvalue weighted by molar-refractivity contribution is 7.17. The summed E-state index contributed by atoms with van der Waals surface area (Å²) in [5.41, 5.74) is 1.09. The Kier molecular flexibility index (Phi) is 5.01. The highest BCUT2D eigenvalue weighted by Gasteiger charge is 2.33. The molecule has 3 fully saturated rings. The average Bonchev–Trinajstić information content (AvgIpc) is 3.30. The Hall–Kier alpha value is -2.03. The molecule has 8 heteroatoms. The molecule has 0 radical (unpaired) electrons. The number of amides is 2. The standard InChI is InChI=1S/C21H27N5O2S/c1-24-4-6-26(7-5-24)21(28)17-13-29-19-10-22-18(9-16(17)19)20(27)23-15-8-14-2-3-25(11-14)12-15/h9-10,13-15H,2-8,11-12H2,1H3,(H,23,27)/t14-,15+/m0/s1. The van der Waals surface area contributed by atoms with E-state index in [-0.39, 0.29) is 17.9 Å². The molecule has 1 unspecified atom stereocenters. The molecule has 3 aliphatic heterocycles. The van der Waals surface area contributed by atoms with E-state index in [2.05, 4.69) is 27.1 Å². The van der Waals surface area contributed by atoms with Crippen molar-refractivity contribution in [2.24, 2.45) is 5.92 Å². The second kappa shape index (κ2) is 7.66. The highest BCUT2D eigenvalue weighted by atomic mass is 32.1. The fraction of sp³-hybridized carbons (Fsp3) is 0.571. The van der Waals surface area contributed by atoms with Gasteiger partial charge in [0.15, 0.2) is 0 Å². The molecule has 1 N–H and O–H groups in total. The van der Waals surface area contributed by atoms with Gasteiger partial charge in [0.1, 0.15) is 5.69 Å². The number of likely N-dealkylation sites (N-methyl/N-ethyl adjacent to an activating group) is 1. The molecule has 5 heterocycles. The SMILES string of the molecule is CN1CCN(C(=O)c2csc3cnc(C(=O)N[C@@H]4C[C@@H]5CCN(C5)C4)cc23)CC1. The topological polar surface area (TPSA) is 68.8 Å². The molecular weight excluding hydrogens is 386 g/mol. The zero-order chi connectivity index (χ0) is 20.0. The first-order chi connectivity index (χ1) is 14.1.